The molecule has 6 heteroatoms. The first-order valence-corrected chi connectivity index (χ1v) is 9.21. The monoisotopic (exact) mass is 315 g/mol. The minimum absolute atomic E-state index is 0.0878. The molecule has 1 fully saturated rings. The van der Waals surface area contributed by atoms with Crippen LogP contribution in [0.2, 0.25) is 0 Å². The van der Waals surface area contributed by atoms with Gasteiger partial charge in [0, 0.05) is 12.3 Å². The highest BCUT2D eigenvalue weighted by Gasteiger charge is 2.30. The molecule has 0 aliphatic heterocycles. The lowest BCUT2D eigenvalue weighted by atomic mass is 9.84. The van der Waals surface area contributed by atoms with Crippen molar-refractivity contribution < 1.29 is 0 Å². The predicted molar refractivity (Wildman–Crippen MR) is 87.9 cm³/mol. The van der Waals surface area contributed by atoms with Gasteiger partial charge in [0.25, 0.3) is 0 Å². The molecule has 0 saturated heterocycles. The number of H-pyrrole nitrogens is 1. The summed E-state index contributed by atoms with van der Waals surface area (Å²) in [6, 6.07) is 0. The molecule has 1 aliphatic carbocycles. The number of thioether (sulfide) groups is 1. The summed E-state index contributed by atoms with van der Waals surface area (Å²) in [7, 11) is 0. The highest BCUT2D eigenvalue weighted by Crippen LogP contribution is 2.40. The van der Waals surface area contributed by atoms with E-state index in [1.807, 2.05) is 0 Å². The van der Waals surface area contributed by atoms with Crippen LogP contribution in [0.1, 0.15) is 51.9 Å². The van der Waals surface area contributed by atoms with Crippen LogP contribution in [0.3, 0.4) is 0 Å². The Morgan fingerprint density at radius 1 is 1.35 bits per heavy atom. The van der Waals surface area contributed by atoms with Crippen LogP contribution in [0.4, 0.5) is 0 Å². The first kappa shape index (κ1) is 16.0. The third-order valence-corrected chi connectivity index (χ3v) is 6.17. The molecule has 1 aromatic heterocycles. The molecule has 4 nitrogen and oxygen atoms in total. The number of rotatable bonds is 6. The molecule has 1 saturated carbocycles. The van der Waals surface area contributed by atoms with E-state index in [1.54, 1.807) is 16.3 Å². The van der Waals surface area contributed by atoms with Crippen molar-refractivity contribution in [3.8, 4) is 0 Å². The molecule has 0 amide bonds. The van der Waals surface area contributed by atoms with Crippen LogP contribution < -0.4 is 5.69 Å². The van der Waals surface area contributed by atoms with Gasteiger partial charge in [0.1, 0.15) is 0 Å². The second kappa shape index (κ2) is 7.59. The maximum atomic E-state index is 11.7. The lowest BCUT2D eigenvalue weighted by Gasteiger charge is -2.30. The van der Waals surface area contributed by atoms with Crippen LogP contribution in [0.25, 0.3) is 0 Å². The second-order valence-corrected chi connectivity index (χ2v) is 7.08. The van der Waals surface area contributed by atoms with Crippen LogP contribution in [0.15, 0.2) is 9.95 Å². The summed E-state index contributed by atoms with van der Waals surface area (Å²) < 4.78 is 1.76. The van der Waals surface area contributed by atoms with Gasteiger partial charge in [-0.25, -0.2) is 9.89 Å². The minimum Gasteiger partial charge on any atom is -0.270 e. The number of thiol groups is 1. The predicted octanol–water partition coefficient (Wildman–Crippen LogP) is 3.34. The smallest absolute Gasteiger partial charge is 0.270 e. The molecule has 1 N–H and O–H groups in total. The Labute approximate surface area is 130 Å². The van der Waals surface area contributed by atoms with Gasteiger partial charge in [0.05, 0.1) is 0 Å². The van der Waals surface area contributed by atoms with Gasteiger partial charge in [-0.3, -0.25) is 4.57 Å². The van der Waals surface area contributed by atoms with Crippen LogP contribution in [-0.4, -0.2) is 26.3 Å². The molecule has 2 rings (SSSR count). The van der Waals surface area contributed by atoms with Gasteiger partial charge >= 0.3 is 5.69 Å². The lowest BCUT2D eigenvalue weighted by molar-refractivity contribution is 0.332. The second-order valence-electron chi connectivity index (χ2n) is 5.82. The summed E-state index contributed by atoms with van der Waals surface area (Å²) in [5.41, 5.74) is 0.228. The highest BCUT2D eigenvalue weighted by atomic mass is 32.2. The summed E-state index contributed by atoms with van der Waals surface area (Å²) in [6.07, 6.45) is 8.78. The summed E-state index contributed by atoms with van der Waals surface area (Å²) in [5, 5.41) is 7.58. The molecule has 1 heterocycles. The standard InChI is InChI=1S/C14H25N3OS2/c1-2-9-17-12(18)15-16-13(17)20-11-14(10-19)7-5-3-4-6-8-14/h19H,2-11H2,1H3,(H,15,18). The SMILES string of the molecule is CCCn1c(SCC2(CS)CCCCCC2)n[nH]c1=O. The van der Waals surface area contributed by atoms with E-state index in [-0.39, 0.29) is 5.69 Å². The Morgan fingerprint density at radius 3 is 2.65 bits per heavy atom. The molecule has 0 spiro atoms. The quantitative estimate of drug-likeness (QED) is 0.481. The van der Waals surface area contributed by atoms with Crippen molar-refractivity contribution in [2.75, 3.05) is 11.5 Å². The Bertz CT molecular complexity index is 461. The van der Waals surface area contributed by atoms with Crippen molar-refractivity contribution in [3.63, 3.8) is 0 Å². The molecule has 1 aliphatic rings. The first-order chi connectivity index (χ1) is 9.71. The van der Waals surface area contributed by atoms with Crippen molar-refractivity contribution >= 4 is 24.4 Å². The van der Waals surface area contributed by atoms with Crippen molar-refractivity contribution in [2.24, 2.45) is 5.41 Å². The van der Waals surface area contributed by atoms with Gasteiger partial charge in [-0.2, -0.15) is 12.6 Å². The van der Waals surface area contributed by atoms with Gasteiger partial charge in [0.2, 0.25) is 0 Å². The lowest BCUT2D eigenvalue weighted by Crippen LogP contribution is -2.26. The van der Waals surface area contributed by atoms with Gasteiger partial charge in [-0.15, -0.1) is 5.10 Å². The van der Waals surface area contributed by atoms with E-state index in [2.05, 4.69) is 29.7 Å². The number of nitrogens with zero attached hydrogens (tertiary/aromatic N) is 2. The topological polar surface area (TPSA) is 50.7 Å². The van der Waals surface area contributed by atoms with Crippen LogP contribution in [0.5, 0.6) is 0 Å². The third-order valence-electron chi connectivity index (χ3n) is 4.18. The van der Waals surface area contributed by atoms with Gasteiger partial charge in [0.15, 0.2) is 5.16 Å². The van der Waals surface area contributed by atoms with E-state index in [9.17, 15) is 4.79 Å². The molecule has 114 valence electrons. The van der Waals surface area contributed by atoms with Gasteiger partial charge in [-0.05, 0) is 30.4 Å². The van der Waals surface area contributed by atoms with Crippen molar-refractivity contribution in [1.29, 1.82) is 0 Å². The first-order valence-electron chi connectivity index (χ1n) is 7.60. The van der Waals surface area contributed by atoms with Crippen LogP contribution >= 0.6 is 24.4 Å². The van der Waals surface area contributed by atoms with E-state index < -0.39 is 0 Å². The molecular weight excluding hydrogens is 290 g/mol. The largest absolute Gasteiger partial charge is 0.343 e. The zero-order valence-corrected chi connectivity index (χ0v) is 13.9. The normalized spacial score (nSPS) is 18.9. The van der Waals surface area contributed by atoms with E-state index in [4.69, 9.17) is 0 Å². The van der Waals surface area contributed by atoms with E-state index in [1.165, 1.54) is 38.5 Å². The fourth-order valence-electron chi connectivity index (χ4n) is 2.88. The molecule has 1 aromatic rings. The number of hydrogen-bond acceptors (Lipinski definition) is 4. The van der Waals surface area contributed by atoms with Crippen molar-refractivity contribution in [2.45, 2.75) is 63.6 Å². The Morgan fingerprint density at radius 2 is 2.05 bits per heavy atom. The summed E-state index contributed by atoms with van der Waals surface area (Å²) in [4.78, 5) is 11.7. The van der Waals surface area contributed by atoms with Crippen molar-refractivity contribution in [3.05, 3.63) is 10.5 Å². The molecule has 0 radical (unpaired) electrons. The Balaban J connectivity index is 2.04. The van der Waals surface area contributed by atoms with Crippen LogP contribution in [0, 0.1) is 5.41 Å². The van der Waals surface area contributed by atoms with E-state index in [0.717, 1.165) is 29.6 Å². The molecule has 0 bridgehead atoms. The number of nitrogens with one attached hydrogen (secondary N) is 1. The van der Waals surface area contributed by atoms with Gasteiger partial charge in [-0.1, -0.05) is 44.4 Å². The number of aromatic amines is 1. The number of hydrogen-bond donors (Lipinski definition) is 2. The highest BCUT2D eigenvalue weighted by molar-refractivity contribution is 7.99. The molecular formula is C14H25N3OS2. The fraction of sp³-hybridized carbons (Fsp3) is 0.857. The fourth-order valence-corrected chi connectivity index (χ4v) is 4.72. The zero-order chi connectivity index (χ0) is 14.4. The molecule has 0 unspecified atom stereocenters. The van der Waals surface area contributed by atoms with Crippen LogP contribution in [-0.2, 0) is 6.54 Å². The number of aromatic nitrogens is 3. The average molecular weight is 316 g/mol. The molecule has 0 aromatic carbocycles. The van der Waals surface area contributed by atoms with Crippen molar-refractivity contribution in [1.82, 2.24) is 14.8 Å². The maximum absolute atomic E-state index is 11.7. The summed E-state index contributed by atoms with van der Waals surface area (Å²) in [6.45, 7) is 2.82. The Kier molecular flexibility index (Phi) is 6.08. The summed E-state index contributed by atoms with van der Waals surface area (Å²) in [5.74, 6) is 1.95. The summed E-state index contributed by atoms with van der Waals surface area (Å²) >= 11 is 6.32. The molecule has 0 atom stereocenters. The Hall–Kier alpha value is -0.360. The average Bonchev–Trinajstić information content (AvgIpc) is 2.68. The third kappa shape index (κ3) is 3.85. The van der Waals surface area contributed by atoms with E-state index in [0.29, 0.717) is 5.41 Å². The maximum Gasteiger partial charge on any atom is 0.343 e. The van der Waals surface area contributed by atoms with Gasteiger partial charge < -0.3 is 0 Å². The molecule has 20 heavy (non-hydrogen) atoms. The van der Waals surface area contributed by atoms with E-state index >= 15 is 0 Å². The minimum atomic E-state index is -0.0878. The zero-order valence-electron chi connectivity index (χ0n) is 12.2.